The zero-order valence-electron chi connectivity index (χ0n) is 12.1. The lowest BCUT2D eigenvalue weighted by atomic mass is 10.2. The van der Waals surface area contributed by atoms with Gasteiger partial charge in [0.2, 0.25) is 0 Å². The van der Waals surface area contributed by atoms with Gasteiger partial charge >= 0.3 is 0 Å². The van der Waals surface area contributed by atoms with Gasteiger partial charge in [-0.05, 0) is 12.1 Å². The molecule has 20 heavy (non-hydrogen) atoms. The van der Waals surface area contributed by atoms with Crippen molar-refractivity contribution in [2.75, 3.05) is 46.4 Å². The van der Waals surface area contributed by atoms with Crippen molar-refractivity contribution in [1.82, 2.24) is 4.90 Å². The van der Waals surface area contributed by atoms with Crippen molar-refractivity contribution in [3.8, 4) is 11.5 Å². The minimum absolute atomic E-state index is 0.121. The van der Waals surface area contributed by atoms with Crippen LogP contribution in [0.4, 0.5) is 0 Å². The number of hydrogen-bond acceptors (Lipinski definition) is 5. The Labute approximate surface area is 120 Å². The van der Waals surface area contributed by atoms with Crippen LogP contribution in [0.3, 0.4) is 0 Å². The highest BCUT2D eigenvalue weighted by atomic mass is 16.5. The Morgan fingerprint density at radius 3 is 2.85 bits per heavy atom. The van der Waals surface area contributed by atoms with Crippen molar-refractivity contribution in [3.63, 3.8) is 0 Å². The van der Waals surface area contributed by atoms with E-state index in [0.717, 1.165) is 26.2 Å². The first-order chi connectivity index (χ1) is 9.72. The number of nitrogens with two attached hydrogens (primary N) is 1. The van der Waals surface area contributed by atoms with Gasteiger partial charge in [-0.25, -0.2) is 0 Å². The molecule has 0 aliphatic heterocycles. The third-order valence-electron chi connectivity index (χ3n) is 2.95. The van der Waals surface area contributed by atoms with Crippen molar-refractivity contribution < 1.29 is 15.6 Å². The summed E-state index contributed by atoms with van der Waals surface area (Å²) >= 11 is 0. The molecule has 1 aromatic carbocycles. The van der Waals surface area contributed by atoms with E-state index in [1.165, 1.54) is 7.11 Å². The van der Waals surface area contributed by atoms with E-state index in [9.17, 15) is 5.11 Å². The molecule has 1 aromatic rings. The summed E-state index contributed by atoms with van der Waals surface area (Å²) in [7, 11) is 1.53. The predicted octanol–water partition coefficient (Wildman–Crippen LogP) is -0.678. The molecule has 0 amide bonds. The van der Waals surface area contributed by atoms with Crippen molar-refractivity contribution >= 4 is 6.21 Å². The lowest BCUT2D eigenvalue weighted by Gasteiger charge is -2.18. The van der Waals surface area contributed by atoms with Gasteiger partial charge in [-0.1, -0.05) is 6.07 Å². The molecule has 0 spiro atoms. The molecule has 6 nitrogen and oxygen atoms in total. The van der Waals surface area contributed by atoms with Gasteiger partial charge in [0, 0.05) is 38.0 Å². The number of phenols is 1. The molecule has 0 aliphatic rings. The Morgan fingerprint density at radius 1 is 1.40 bits per heavy atom. The van der Waals surface area contributed by atoms with E-state index in [2.05, 4.69) is 15.6 Å². The first-order valence-electron chi connectivity index (χ1n) is 6.80. The van der Waals surface area contributed by atoms with Crippen LogP contribution in [0.15, 0.2) is 23.2 Å². The van der Waals surface area contributed by atoms with Gasteiger partial charge in [-0.15, -0.1) is 0 Å². The second-order valence-electron chi connectivity index (χ2n) is 4.42. The number of methoxy groups -OCH3 is 1. The van der Waals surface area contributed by atoms with E-state index in [1.54, 1.807) is 18.3 Å². The standard InChI is InChI=1S/C14H24N4O2/c1-20-13-4-2-3-12(14(13)19)11-17-7-10-18(8-5-15)9-6-16/h2-4,11,19H,5-10,15-16H2,1H3/p+1. The van der Waals surface area contributed by atoms with Crippen LogP contribution in [-0.2, 0) is 0 Å². The molecule has 0 fully saturated rings. The summed E-state index contributed by atoms with van der Waals surface area (Å²) in [6.07, 6.45) is 1.67. The number of ether oxygens (including phenoxy) is 1. The largest absolute Gasteiger partial charge is 0.504 e. The number of hydrogen-bond donors (Lipinski definition) is 3. The number of aromatic hydroxyl groups is 1. The van der Waals surface area contributed by atoms with Crippen molar-refractivity contribution in [1.29, 1.82) is 0 Å². The van der Waals surface area contributed by atoms with Gasteiger partial charge in [-0.3, -0.25) is 9.89 Å². The van der Waals surface area contributed by atoms with Crippen LogP contribution >= 0.6 is 0 Å². The zero-order valence-corrected chi connectivity index (χ0v) is 12.1. The Balaban J connectivity index is 2.52. The number of para-hydroxylation sites is 1. The molecule has 0 atom stereocenters. The van der Waals surface area contributed by atoms with Gasteiger partial charge < -0.3 is 21.3 Å². The van der Waals surface area contributed by atoms with E-state index in [0.29, 0.717) is 24.4 Å². The first-order valence-corrected chi connectivity index (χ1v) is 6.80. The van der Waals surface area contributed by atoms with Crippen molar-refractivity contribution in [3.05, 3.63) is 23.8 Å². The number of benzene rings is 1. The molecule has 0 aliphatic carbocycles. The lowest BCUT2D eigenvalue weighted by molar-refractivity contribution is -0.368. The average molecular weight is 281 g/mol. The van der Waals surface area contributed by atoms with E-state index < -0.39 is 0 Å². The maximum Gasteiger partial charge on any atom is 0.166 e. The minimum atomic E-state index is 0.121. The fraction of sp³-hybridized carbons (Fsp3) is 0.500. The van der Waals surface area contributed by atoms with Gasteiger partial charge in [0.1, 0.15) is 0 Å². The second-order valence-corrected chi connectivity index (χ2v) is 4.42. The molecule has 0 radical (unpaired) electrons. The third-order valence-corrected chi connectivity index (χ3v) is 2.95. The topological polar surface area (TPSA) is 98.7 Å². The monoisotopic (exact) mass is 281 g/mol. The van der Waals surface area contributed by atoms with Crippen LogP contribution < -0.4 is 16.2 Å². The SMILES string of the molecule is COc1cccc(C=NCCN(CCN)CC[NH3+])c1O. The number of rotatable bonds is 9. The second kappa shape index (κ2) is 9.30. The fourth-order valence-corrected chi connectivity index (χ4v) is 1.91. The predicted molar refractivity (Wildman–Crippen MR) is 80.4 cm³/mol. The molecule has 0 saturated heterocycles. The summed E-state index contributed by atoms with van der Waals surface area (Å²) in [6, 6.07) is 5.34. The zero-order chi connectivity index (χ0) is 14.8. The molecule has 0 unspecified atom stereocenters. The summed E-state index contributed by atoms with van der Waals surface area (Å²) in [5, 5.41) is 9.91. The number of nitrogens with zero attached hydrogens (tertiary/aromatic N) is 2. The van der Waals surface area contributed by atoms with Gasteiger partial charge in [-0.2, -0.15) is 0 Å². The molecule has 0 heterocycles. The molecule has 6 N–H and O–H groups in total. The van der Waals surface area contributed by atoms with Crippen molar-refractivity contribution in [2.24, 2.45) is 10.7 Å². The number of aliphatic imine (C=N–C) groups is 1. The summed E-state index contributed by atoms with van der Waals surface area (Å²) in [4.78, 5) is 6.57. The molecule has 1 rings (SSSR count). The van der Waals surface area contributed by atoms with Crippen LogP contribution in [0, 0.1) is 0 Å². The Hall–Kier alpha value is -1.63. The molecule has 0 saturated carbocycles. The summed E-state index contributed by atoms with van der Waals surface area (Å²) in [5.41, 5.74) is 10.1. The third kappa shape index (κ3) is 5.16. The van der Waals surface area contributed by atoms with Crippen LogP contribution in [0.2, 0.25) is 0 Å². The molecular formula is C14H25N4O2+. The maximum absolute atomic E-state index is 9.91. The van der Waals surface area contributed by atoms with Crippen LogP contribution in [0.5, 0.6) is 11.5 Å². The first kappa shape index (κ1) is 16.4. The highest BCUT2D eigenvalue weighted by Crippen LogP contribution is 2.27. The van der Waals surface area contributed by atoms with Crippen molar-refractivity contribution in [2.45, 2.75) is 0 Å². The Morgan fingerprint density at radius 2 is 2.20 bits per heavy atom. The van der Waals surface area contributed by atoms with E-state index in [-0.39, 0.29) is 5.75 Å². The van der Waals surface area contributed by atoms with E-state index >= 15 is 0 Å². The summed E-state index contributed by atoms with van der Waals surface area (Å²) in [6.45, 7) is 4.79. The normalized spacial score (nSPS) is 11.4. The molecule has 0 bridgehead atoms. The minimum Gasteiger partial charge on any atom is -0.504 e. The number of phenolic OH excluding ortho intramolecular Hbond substituents is 1. The lowest BCUT2D eigenvalue weighted by Crippen LogP contribution is -2.55. The Kier molecular flexibility index (Phi) is 7.64. The summed E-state index contributed by atoms with van der Waals surface area (Å²) in [5.74, 6) is 0.575. The maximum atomic E-state index is 9.91. The van der Waals surface area contributed by atoms with E-state index in [1.807, 2.05) is 6.07 Å². The van der Waals surface area contributed by atoms with E-state index in [4.69, 9.17) is 10.5 Å². The molecule has 0 aromatic heterocycles. The van der Waals surface area contributed by atoms with Gasteiger partial charge in [0.05, 0.1) is 20.2 Å². The van der Waals surface area contributed by atoms with Crippen LogP contribution in [0.1, 0.15) is 5.56 Å². The fourth-order valence-electron chi connectivity index (χ4n) is 1.91. The molecule has 6 heteroatoms. The van der Waals surface area contributed by atoms with Gasteiger partial charge in [0.15, 0.2) is 11.5 Å². The number of quaternary nitrogens is 1. The van der Waals surface area contributed by atoms with Crippen LogP contribution in [-0.4, -0.2) is 62.6 Å². The smallest absolute Gasteiger partial charge is 0.166 e. The average Bonchev–Trinajstić information content (AvgIpc) is 2.45. The quantitative estimate of drug-likeness (QED) is 0.522. The molecular weight excluding hydrogens is 256 g/mol. The highest BCUT2D eigenvalue weighted by molar-refractivity contribution is 5.84. The highest BCUT2D eigenvalue weighted by Gasteiger charge is 2.05. The summed E-state index contributed by atoms with van der Waals surface area (Å²) < 4.78 is 5.05. The Bertz CT molecular complexity index is 418. The van der Waals surface area contributed by atoms with Crippen LogP contribution in [0.25, 0.3) is 0 Å². The van der Waals surface area contributed by atoms with Gasteiger partial charge in [0.25, 0.3) is 0 Å². The molecule has 112 valence electrons.